The number of hydrogen-bond acceptors (Lipinski definition) is 3. The maximum absolute atomic E-state index is 13.3. The van der Waals surface area contributed by atoms with Crippen LogP contribution in [0.15, 0.2) is 0 Å². The fraction of sp³-hybridized carbons (Fsp3) is 0.632. The van der Waals surface area contributed by atoms with Crippen molar-refractivity contribution in [1.82, 2.24) is 24.5 Å². The quantitative estimate of drug-likeness (QED) is 0.677. The lowest BCUT2D eigenvalue weighted by atomic mass is 10.1. The van der Waals surface area contributed by atoms with Gasteiger partial charge in [0.25, 0.3) is 0 Å². The fourth-order valence-electron chi connectivity index (χ4n) is 3.64. The molecule has 0 aromatic carbocycles. The van der Waals surface area contributed by atoms with Crippen molar-refractivity contribution in [3.8, 4) is 0 Å². The molecule has 2 aromatic heterocycles. The van der Waals surface area contributed by atoms with Gasteiger partial charge in [0, 0.05) is 37.3 Å². The highest BCUT2D eigenvalue weighted by Gasteiger charge is 2.43. The lowest BCUT2D eigenvalue weighted by Gasteiger charge is -2.23. The Morgan fingerprint density at radius 3 is 2.41 bits per heavy atom. The van der Waals surface area contributed by atoms with Crippen LogP contribution in [-0.4, -0.2) is 37.4 Å². The van der Waals surface area contributed by atoms with Gasteiger partial charge in [-0.15, -0.1) is 0 Å². The number of aromatic nitrogens is 4. The third-order valence-corrected chi connectivity index (χ3v) is 5.82. The topological polar surface area (TPSA) is 56.0 Å². The summed E-state index contributed by atoms with van der Waals surface area (Å²) in [6, 6.07) is -0.897. The molecule has 0 unspecified atom stereocenters. The molecule has 1 fully saturated rings. The number of aryl methyl sites for hydroxylation is 2. The zero-order valence-electron chi connectivity index (χ0n) is 17.1. The number of halogens is 4. The van der Waals surface area contributed by atoms with Crippen molar-refractivity contribution in [1.29, 1.82) is 0 Å². The predicted molar refractivity (Wildman–Crippen MR) is 103 cm³/mol. The van der Waals surface area contributed by atoms with Crippen LogP contribution in [0, 0.1) is 13.8 Å². The molecule has 1 amide bonds. The largest absolute Gasteiger partial charge is 0.436 e. The second kappa shape index (κ2) is 7.66. The van der Waals surface area contributed by atoms with Gasteiger partial charge in [0.2, 0.25) is 5.91 Å². The Hall–Kier alpha value is -2.03. The Morgan fingerprint density at radius 1 is 1.31 bits per heavy atom. The minimum Gasteiger partial charge on any atom is -0.339 e. The zero-order valence-corrected chi connectivity index (χ0v) is 17.9. The van der Waals surface area contributed by atoms with Gasteiger partial charge in [-0.3, -0.25) is 14.2 Å². The van der Waals surface area contributed by atoms with Gasteiger partial charge in [0.1, 0.15) is 6.04 Å². The van der Waals surface area contributed by atoms with Crippen LogP contribution < -0.4 is 0 Å². The van der Waals surface area contributed by atoms with E-state index in [-0.39, 0.29) is 11.8 Å². The summed E-state index contributed by atoms with van der Waals surface area (Å²) in [5.41, 5.74) is 1.92. The first-order chi connectivity index (χ1) is 13.5. The van der Waals surface area contributed by atoms with E-state index in [0.717, 1.165) is 41.0 Å². The van der Waals surface area contributed by atoms with Crippen molar-refractivity contribution in [2.45, 2.75) is 71.8 Å². The molecular weight excluding hydrogens is 407 g/mol. The summed E-state index contributed by atoms with van der Waals surface area (Å²) >= 11 is 6.03. The molecule has 10 heteroatoms. The number of amides is 1. The predicted octanol–water partition coefficient (Wildman–Crippen LogP) is 4.49. The number of rotatable bonds is 6. The van der Waals surface area contributed by atoms with E-state index in [2.05, 4.69) is 10.2 Å². The fourth-order valence-corrected chi connectivity index (χ4v) is 4.02. The van der Waals surface area contributed by atoms with E-state index in [0.29, 0.717) is 12.2 Å². The molecule has 2 aromatic rings. The molecule has 0 aliphatic heterocycles. The monoisotopic (exact) mass is 431 g/mol. The zero-order chi connectivity index (χ0) is 21.7. The van der Waals surface area contributed by atoms with Crippen molar-refractivity contribution < 1.29 is 18.0 Å². The Morgan fingerprint density at radius 2 is 1.93 bits per heavy atom. The molecule has 0 bridgehead atoms. The van der Waals surface area contributed by atoms with E-state index in [1.165, 1.54) is 4.90 Å². The molecule has 0 saturated heterocycles. The van der Waals surface area contributed by atoms with Gasteiger partial charge in [-0.1, -0.05) is 11.6 Å². The Labute approximate surface area is 172 Å². The number of carbonyl (C=O) groups is 1. The summed E-state index contributed by atoms with van der Waals surface area (Å²) in [6.45, 7) is 8.40. The Kier molecular flexibility index (Phi) is 5.73. The summed E-state index contributed by atoms with van der Waals surface area (Å²) in [4.78, 5) is 14.5. The second-order valence-corrected chi connectivity index (χ2v) is 7.98. The number of carbonyl (C=O) groups excluding carboxylic acids is 1. The van der Waals surface area contributed by atoms with Gasteiger partial charge in [0.05, 0.1) is 16.4 Å². The average Bonchev–Trinajstić information content (AvgIpc) is 3.37. The van der Waals surface area contributed by atoms with E-state index in [9.17, 15) is 18.0 Å². The molecule has 0 radical (unpaired) electrons. The highest BCUT2D eigenvalue weighted by atomic mass is 35.5. The minimum atomic E-state index is -4.66. The Balaban J connectivity index is 1.88. The molecule has 1 saturated carbocycles. The summed E-state index contributed by atoms with van der Waals surface area (Å²) in [6.07, 6.45) is -3.17. The number of alkyl halides is 3. The maximum Gasteiger partial charge on any atom is 0.436 e. The molecule has 0 N–H and O–H groups in total. The molecule has 3 rings (SSSR count). The summed E-state index contributed by atoms with van der Waals surface area (Å²) < 4.78 is 42.9. The molecule has 6 nitrogen and oxygen atoms in total. The normalized spacial score (nSPS) is 15.6. The molecule has 1 atom stereocenters. The van der Waals surface area contributed by atoms with Crippen LogP contribution in [0.3, 0.4) is 0 Å². The summed E-state index contributed by atoms with van der Waals surface area (Å²) in [5, 5.41) is 7.76. The first-order valence-corrected chi connectivity index (χ1v) is 9.98. The molecule has 0 spiro atoms. The van der Waals surface area contributed by atoms with Crippen molar-refractivity contribution >= 4 is 17.5 Å². The summed E-state index contributed by atoms with van der Waals surface area (Å²) in [5.74, 6) is -0.415. The van der Waals surface area contributed by atoms with Gasteiger partial charge in [-0.05, 0) is 40.5 Å². The van der Waals surface area contributed by atoms with Gasteiger partial charge in [-0.25, -0.2) is 0 Å². The van der Waals surface area contributed by atoms with Crippen LogP contribution in [0.4, 0.5) is 13.2 Å². The van der Waals surface area contributed by atoms with Crippen LogP contribution in [-0.2, 0) is 24.1 Å². The van der Waals surface area contributed by atoms with Gasteiger partial charge < -0.3 is 4.90 Å². The lowest BCUT2D eigenvalue weighted by Crippen LogP contribution is -2.34. The molecule has 160 valence electrons. The van der Waals surface area contributed by atoms with Gasteiger partial charge >= 0.3 is 6.18 Å². The van der Waals surface area contributed by atoms with Crippen molar-refractivity contribution in [2.75, 3.05) is 7.05 Å². The van der Waals surface area contributed by atoms with Gasteiger partial charge in [0.15, 0.2) is 5.69 Å². The van der Waals surface area contributed by atoms with Crippen molar-refractivity contribution in [3.05, 3.63) is 33.4 Å². The SMILES string of the molecule is CCn1nc(C)c(CN(C)C(=O)[C@@H](C)n2nc(C(F)(F)F)c(Cl)c2C2CC2)c1C. The third-order valence-electron chi connectivity index (χ3n) is 5.45. The smallest absolute Gasteiger partial charge is 0.339 e. The first-order valence-electron chi connectivity index (χ1n) is 9.60. The van der Waals surface area contributed by atoms with E-state index in [1.807, 2.05) is 25.5 Å². The molecular formula is C19H25ClF3N5O. The van der Waals surface area contributed by atoms with E-state index in [1.54, 1.807) is 14.0 Å². The standard InChI is InChI=1S/C19H25ClF3N5O/c1-6-27-11(3)14(10(2)24-27)9-26(5)18(29)12(4)28-16(13-7-8-13)15(20)17(25-28)19(21,22)23/h12-13H,6-9H2,1-5H3/t12-/m1/s1. The highest BCUT2D eigenvalue weighted by Crippen LogP contribution is 2.47. The average molecular weight is 432 g/mol. The first kappa shape index (κ1) is 21.7. The molecule has 1 aliphatic carbocycles. The van der Waals surface area contributed by atoms with Crippen LogP contribution >= 0.6 is 11.6 Å². The number of nitrogens with zero attached hydrogens (tertiary/aromatic N) is 5. The van der Waals surface area contributed by atoms with Crippen LogP contribution in [0.5, 0.6) is 0 Å². The number of likely N-dealkylation sites (N-methyl/N-ethyl adjacent to an activating group) is 1. The van der Waals surface area contributed by atoms with E-state index < -0.39 is 22.9 Å². The van der Waals surface area contributed by atoms with Crippen molar-refractivity contribution in [3.63, 3.8) is 0 Å². The second-order valence-electron chi connectivity index (χ2n) is 7.60. The van der Waals surface area contributed by atoms with Crippen LogP contribution in [0.1, 0.15) is 67.0 Å². The third kappa shape index (κ3) is 4.01. The highest BCUT2D eigenvalue weighted by molar-refractivity contribution is 6.32. The lowest BCUT2D eigenvalue weighted by molar-refractivity contribution is -0.142. The molecule has 1 aliphatic rings. The summed E-state index contributed by atoms with van der Waals surface area (Å²) in [7, 11) is 1.63. The number of hydrogen-bond donors (Lipinski definition) is 0. The van der Waals surface area contributed by atoms with Crippen LogP contribution in [0.25, 0.3) is 0 Å². The minimum absolute atomic E-state index is 0.0843. The van der Waals surface area contributed by atoms with Gasteiger partial charge in [-0.2, -0.15) is 23.4 Å². The molecule has 29 heavy (non-hydrogen) atoms. The van der Waals surface area contributed by atoms with E-state index >= 15 is 0 Å². The van der Waals surface area contributed by atoms with E-state index in [4.69, 9.17) is 11.6 Å². The molecule has 2 heterocycles. The maximum atomic E-state index is 13.3. The van der Waals surface area contributed by atoms with Crippen molar-refractivity contribution in [2.24, 2.45) is 0 Å². The van der Waals surface area contributed by atoms with Crippen LogP contribution in [0.2, 0.25) is 5.02 Å². The Bertz CT molecular complexity index is 929.